The van der Waals surface area contributed by atoms with E-state index in [-0.39, 0.29) is 18.7 Å². The van der Waals surface area contributed by atoms with E-state index in [1.54, 1.807) is 19.1 Å². The molecule has 3 rings (SSSR count). The summed E-state index contributed by atoms with van der Waals surface area (Å²) < 4.78 is 41.7. The van der Waals surface area contributed by atoms with Crippen molar-refractivity contribution in [3.8, 4) is 11.3 Å². The van der Waals surface area contributed by atoms with Crippen LogP contribution in [0.1, 0.15) is 36.3 Å². The predicted molar refractivity (Wildman–Crippen MR) is 110 cm³/mol. The van der Waals surface area contributed by atoms with E-state index in [0.717, 1.165) is 6.07 Å². The van der Waals surface area contributed by atoms with E-state index in [4.69, 9.17) is 5.11 Å². The molecule has 2 N–H and O–H groups in total. The van der Waals surface area contributed by atoms with Gasteiger partial charge in [0, 0.05) is 23.7 Å². The largest absolute Gasteiger partial charge is 0.478 e. The smallest absolute Gasteiger partial charge is 0.338 e. The van der Waals surface area contributed by atoms with E-state index in [2.05, 4.69) is 20.5 Å². The number of anilines is 1. The standard InChI is InChI=1S/C22H21F3N4O2/c1-13(23)11-22(2,20-17(25)4-3-9-26-20)12-27-19-8-7-18(28-29-19)14-5-6-16(24)15(10-14)21(30)31/h3-10,13H,11-12H2,1-2H3,(H,27,29)(H,30,31)/t13-,22-/m0/s1. The minimum absolute atomic E-state index is 0.0486. The van der Waals surface area contributed by atoms with Crippen LogP contribution in [0.3, 0.4) is 0 Å². The first-order valence-electron chi connectivity index (χ1n) is 9.55. The molecule has 3 aromatic rings. The van der Waals surface area contributed by atoms with E-state index in [1.807, 2.05) is 0 Å². The molecule has 0 aliphatic heterocycles. The monoisotopic (exact) mass is 430 g/mol. The van der Waals surface area contributed by atoms with Gasteiger partial charge in [0.15, 0.2) is 0 Å². The number of benzene rings is 1. The summed E-state index contributed by atoms with van der Waals surface area (Å²) in [6.45, 7) is 3.28. The van der Waals surface area contributed by atoms with Gasteiger partial charge < -0.3 is 10.4 Å². The maximum Gasteiger partial charge on any atom is 0.338 e. The van der Waals surface area contributed by atoms with E-state index >= 15 is 0 Å². The Balaban J connectivity index is 1.79. The fourth-order valence-electron chi connectivity index (χ4n) is 3.42. The molecule has 0 spiro atoms. The summed E-state index contributed by atoms with van der Waals surface area (Å²) in [6, 6.07) is 9.58. The number of hydrogen-bond donors (Lipinski definition) is 2. The highest BCUT2D eigenvalue weighted by atomic mass is 19.1. The molecule has 0 saturated carbocycles. The number of carboxylic acids is 1. The Hall–Kier alpha value is -3.49. The van der Waals surface area contributed by atoms with Crippen LogP contribution in [0.25, 0.3) is 11.3 Å². The van der Waals surface area contributed by atoms with Gasteiger partial charge in [-0.25, -0.2) is 18.0 Å². The quantitative estimate of drug-likeness (QED) is 0.542. The molecule has 0 aliphatic rings. The first-order valence-corrected chi connectivity index (χ1v) is 9.55. The molecule has 0 saturated heterocycles. The van der Waals surface area contributed by atoms with E-state index < -0.39 is 34.8 Å². The number of nitrogens with zero attached hydrogens (tertiary/aromatic N) is 3. The van der Waals surface area contributed by atoms with Crippen molar-refractivity contribution in [1.29, 1.82) is 0 Å². The number of rotatable bonds is 8. The zero-order valence-electron chi connectivity index (χ0n) is 16.9. The van der Waals surface area contributed by atoms with Crippen LogP contribution in [0.4, 0.5) is 19.0 Å². The van der Waals surface area contributed by atoms with Crippen LogP contribution in [-0.4, -0.2) is 39.0 Å². The first-order chi connectivity index (χ1) is 14.7. The van der Waals surface area contributed by atoms with E-state index in [0.29, 0.717) is 17.1 Å². The molecule has 0 aliphatic carbocycles. The number of nitrogens with one attached hydrogen (secondary N) is 1. The Labute approximate surface area is 177 Å². The molecule has 2 heterocycles. The average molecular weight is 430 g/mol. The number of aromatic carboxylic acids is 1. The first kappa shape index (κ1) is 22.2. The summed E-state index contributed by atoms with van der Waals surface area (Å²) in [6.07, 6.45) is 0.332. The lowest BCUT2D eigenvalue weighted by molar-refractivity contribution is 0.0692. The lowest BCUT2D eigenvalue weighted by Gasteiger charge is -2.30. The normalized spacial score (nSPS) is 14.0. The number of carboxylic acid groups (broad SMARTS) is 1. The molecule has 6 nitrogen and oxygen atoms in total. The highest BCUT2D eigenvalue weighted by molar-refractivity contribution is 5.89. The van der Waals surface area contributed by atoms with Crippen molar-refractivity contribution in [2.24, 2.45) is 0 Å². The maximum atomic E-state index is 14.3. The average Bonchev–Trinajstić information content (AvgIpc) is 2.72. The van der Waals surface area contributed by atoms with Crippen molar-refractivity contribution in [3.63, 3.8) is 0 Å². The van der Waals surface area contributed by atoms with Crippen LogP contribution >= 0.6 is 0 Å². The number of alkyl halides is 1. The highest BCUT2D eigenvalue weighted by Crippen LogP contribution is 2.31. The third-order valence-electron chi connectivity index (χ3n) is 4.88. The summed E-state index contributed by atoms with van der Waals surface area (Å²) in [4.78, 5) is 15.2. The molecule has 1 aromatic carbocycles. The van der Waals surface area contributed by atoms with Crippen molar-refractivity contribution in [1.82, 2.24) is 15.2 Å². The Morgan fingerprint density at radius 3 is 2.55 bits per heavy atom. The Morgan fingerprint density at radius 2 is 1.94 bits per heavy atom. The molecule has 0 bridgehead atoms. The zero-order valence-corrected chi connectivity index (χ0v) is 16.9. The predicted octanol–water partition coefficient (Wildman–Crippen LogP) is 4.63. The minimum Gasteiger partial charge on any atom is -0.478 e. The van der Waals surface area contributed by atoms with Crippen molar-refractivity contribution in [2.45, 2.75) is 31.9 Å². The van der Waals surface area contributed by atoms with Crippen LogP contribution in [0, 0.1) is 11.6 Å². The van der Waals surface area contributed by atoms with Gasteiger partial charge in [-0.3, -0.25) is 4.98 Å². The number of pyridine rings is 1. The lowest BCUT2D eigenvalue weighted by Crippen LogP contribution is -2.35. The van der Waals surface area contributed by atoms with Gasteiger partial charge in [0.1, 0.15) is 17.5 Å². The molecule has 2 atom stereocenters. The van der Waals surface area contributed by atoms with Gasteiger partial charge in [0.25, 0.3) is 0 Å². The fourth-order valence-corrected chi connectivity index (χ4v) is 3.42. The van der Waals surface area contributed by atoms with Crippen molar-refractivity contribution in [2.75, 3.05) is 11.9 Å². The zero-order chi connectivity index (χ0) is 22.6. The topological polar surface area (TPSA) is 88.0 Å². The summed E-state index contributed by atoms with van der Waals surface area (Å²) in [5.74, 6) is -2.38. The summed E-state index contributed by atoms with van der Waals surface area (Å²) in [5, 5.41) is 20.2. The number of carbonyl (C=O) groups is 1. The van der Waals surface area contributed by atoms with Crippen LogP contribution in [0.5, 0.6) is 0 Å². The van der Waals surface area contributed by atoms with Gasteiger partial charge in [-0.15, -0.1) is 10.2 Å². The van der Waals surface area contributed by atoms with Gasteiger partial charge in [0.05, 0.1) is 23.1 Å². The van der Waals surface area contributed by atoms with Gasteiger partial charge in [-0.2, -0.15) is 0 Å². The van der Waals surface area contributed by atoms with Crippen LogP contribution in [0.2, 0.25) is 0 Å². The molecule has 0 unspecified atom stereocenters. The van der Waals surface area contributed by atoms with Crippen molar-refractivity contribution < 1.29 is 23.1 Å². The molecular formula is C22H21F3N4O2. The third-order valence-corrected chi connectivity index (χ3v) is 4.88. The summed E-state index contributed by atoms with van der Waals surface area (Å²) >= 11 is 0. The molecule has 0 fully saturated rings. The van der Waals surface area contributed by atoms with Gasteiger partial charge in [-0.05, 0) is 55.8 Å². The number of aromatic nitrogens is 3. The van der Waals surface area contributed by atoms with Gasteiger partial charge >= 0.3 is 5.97 Å². The molecule has 162 valence electrons. The second kappa shape index (κ2) is 9.11. The minimum atomic E-state index is -1.38. The number of hydrogen-bond acceptors (Lipinski definition) is 5. The lowest BCUT2D eigenvalue weighted by atomic mass is 9.81. The molecule has 0 amide bonds. The summed E-state index contributed by atoms with van der Waals surface area (Å²) in [5.41, 5.74) is -0.500. The molecular weight excluding hydrogens is 409 g/mol. The molecule has 2 aromatic heterocycles. The number of halogens is 3. The van der Waals surface area contributed by atoms with E-state index in [1.165, 1.54) is 37.4 Å². The SMILES string of the molecule is C[C@H](F)C[C@@](C)(CNc1ccc(-c2ccc(F)c(C(=O)O)c2)nn1)c1ncccc1F. The summed E-state index contributed by atoms with van der Waals surface area (Å²) in [7, 11) is 0. The van der Waals surface area contributed by atoms with Crippen molar-refractivity contribution in [3.05, 3.63) is 71.6 Å². The van der Waals surface area contributed by atoms with E-state index in [9.17, 15) is 18.0 Å². The third kappa shape index (κ3) is 5.17. The fraction of sp³-hybridized carbons (Fsp3) is 0.273. The van der Waals surface area contributed by atoms with Crippen LogP contribution in [0.15, 0.2) is 48.7 Å². The second-order valence-corrected chi connectivity index (χ2v) is 7.54. The molecule has 31 heavy (non-hydrogen) atoms. The van der Waals surface area contributed by atoms with Crippen LogP contribution in [-0.2, 0) is 5.41 Å². The van der Waals surface area contributed by atoms with Gasteiger partial charge in [0.2, 0.25) is 0 Å². The Morgan fingerprint density at radius 1 is 1.16 bits per heavy atom. The highest BCUT2D eigenvalue weighted by Gasteiger charge is 2.33. The Kier molecular flexibility index (Phi) is 6.53. The molecule has 0 radical (unpaired) electrons. The van der Waals surface area contributed by atoms with Gasteiger partial charge in [-0.1, -0.05) is 6.92 Å². The van der Waals surface area contributed by atoms with Crippen LogP contribution < -0.4 is 5.32 Å². The van der Waals surface area contributed by atoms with Crippen molar-refractivity contribution >= 4 is 11.8 Å². The maximum absolute atomic E-state index is 14.3. The molecule has 9 heteroatoms. The second-order valence-electron chi connectivity index (χ2n) is 7.54. The Bertz CT molecular complexity index is 1080.